The summed E-state index contributed by atoms with van der Waals surface area (Å²) in [5.41, 5.74) is 6.53. The van der Waals surface area contributed by atoms with Crippen LogP contribution in [0.4, 0.5) is 10.1 Å². The number of hydrogen-bond acceptors (Lipinski definition) is 4. The standard InChI is InChI=1S/C16H24FN3O2.2ClH/c1-22-15(9-18)8-16(21)19-10-12-6-7-20(11-12)14-4-2-13(17)3-5-14;;/h2-5,12,15H,6-11,18H2,1H3,(H,19,21);2*1H. The number of methoxy groups -OCH3 is 1. The summed E-state index contributed by atoms with van der Waals surface area (Å²) in [4.78, 5) is 14.0. The molecule has 2 unspecified atom stereocenters. The van der Waals surface area contributed by atoms with E-state index in [1.54, 1.807) is 19.2 Å². The van der Waals surface area contributed by atoms with Crippen LogP contribution in [-0.4, -0.2) is 45.3 Å². The van der Waals surface area contributed by atoms with Gasteiger partial charge >= 0.3 is 0 Å². The molecule has 1 aliphatic heterocycles. The van der Waals surface area contributed by atoms with E-state index in [0.29, 0.717) is 25.4 Å². The normalized spacial score (nSPS) is 17.6. The molecule has 1 saturated heterocycles. The molecule has 2 rings (SSSR count). The highest BCUT2D eigenvalue weighted by Crippen LogP contribution is 2.23. The minimum atomic E-state index is -0.223. The quantitative estimate of drug-likeness (QED) is 0.757. The first-order chi connectivity index (χ1) is 10.6. The molecule has 24 heavy (non-hydrogen) atoms. The molecular formula is C16H26Cl2FN3O2. The summed E-state index contributed by atoms with van der Waals surface area (Å²) >= 11 is 0. The van der Waals surface area contributed by atoms with Crippen molar-refractivity contribution in [2.45, 2.75) is 18.9 Å². The highest BCUT2D eigenvalue weighted by molar-refractivity contribution is 5.85. The smallest absolute Gasteiger partial charge is 0.222 e. The van der Waals surface area contributed by atoms with Gasteiger partial charge in [-0.2, -0.15) is 0 Å². The van der Waals surface area contributed by atoms with Crippen molar-refractivity contribution in [1.82, 2.24) is 5.32 Å². The van der Waals surface area contributed by atoms with E-state index in [2.05, 4.69) is 10.2 Å². The predicted molar refractivity (Wildman–Crippen MR) is 98.7 cm³/mol. The largest absolute Gasteiger partial charge is 0.380 e. The summed E-state index contributed by atoms with van der Waals surface area (Å²) in [5, 5.41) is 2.94. The van der Waals surface area contributed by atoms with Crippen LogP contribution in [0.5, 0.6) is 0 Å². The van der Waals surface area contributed by atoms with Gasteiger partial charge in [-0.15, -0.1) is 24.8 Å². The molecule has 0 spiro atoms. The Balaban J connectivity index is 0.00000264. The number of carbonyl (C=O) groups is 1. The van der Waals surface area contributed by atoms with Gasteiger partial charge < -0.3 is 20.7 Å². The highest BCUT2D eigenvalue weighted by Gasteiger charge is 2.23. The Hall–Kier alpha value is -1.08. The van der Waals surface area contributed by atoms with Crippen LogP contribution < -0.4 is 16.0 Å². The zero-order chi connectivity index (χ0) is 15.9. The zero-order valence-corrected chi connectivity index (χ0v) is 15.4. The molecule has 1 aromatic carbocycles. The van der Waals surface area contributed by atoms with Crippen molar-refractivity contribution in [1.29, 1.82) is 0 Å². The van der Waals surface area contributed by atoms with E-state index >= 15 is 0 Å². The third-order valence-electron chi connectivity index (χ3n) is 4.07. The summed E-state index contributed by atoms with van der Waals surface area (Å²) in [6.45, 7) is 2.79. The van der Waals surface area contributed by atoms with Crippen LogP contribution in [0.2, 0.25) is 0 Å². The lowest BCUT2D eigenvalue weighted by atomic mass is 10.1. The summed E-state index contributed by atoms with van der Waals surface area (Å²) in [5.74, 6) is 0.157. The Labute approximate surface area is 154 Å². The van der Waals surface area contributed by atoms with E-state index in [0.717, 1.165) is 25.2 Å². The SMILES string of the molecule is COC(CN)CC(=O)NCC1CCN(c2ccc(F)cc2)C1.Cl.Cl. The van der Waals surface area contributed by atoms with Crippen molar-refractivity contribution in [2.24, 2.45) is 11.7 Å². The number of nitrogens with two attached hydrogens (primary N) is 1. The maximum atomic E-state index is 12.9. The van der Waals surface area contributed by atoms with E-state index in [-0.39, 0.29) is 42.6 Å². The number of amides is 1. The molecule has 0 radical (unpaired) electrons. The predicted octanol–water partition coefficient (Wildman–Crippen LogP) is 1.98. The molecule has 5 nitrogen and oxygen atoms in total. The van der Waals surface area contributed by atoms with Gasteiger partial charge in [-0.05, 0) is 36.6 Å². The van der Waals surface area contributed by atoms with E-state index in [9.17, 15) is 9.18 Å². The Morgan fingerprint density at radius 3 is 2.67 bits per heavy atom. The topological polar surface area (TPSA) is 67.6 Å². The fourth-order valence-electron chi connectivity index (χ4n) is 2.69. The molecule has 1 fully saturated rings. The van der Waals surface area contributed by atoms with Gasteiger partial charge in [0.25, 0.3) is 0 Å². The first kappa shape index (κ1) is 22.9. The third-order valence-corrected chi connectivity index (χ3v) is 4.07. The van der Waals surface area contributed by atoms with Gasteiger partial charge in [0.15, 0.2) is 0 Å². The van der Waals surface area contributed by atoms with Crippen molar-refractivity contribution in [3.63, 3.8) is 0 Å². The second-order valence-electron chi connectivity index (χ2n) is 5.68. The second kappa shape index (κ2) is 11.5. The molecule has 8 heteroatoms. The highest BCUT2D eigenvalue weighted by atomic mass is 35.5. The number of nitrogens with one attached hydrogen (secondary N) is 1. The van der Waals surface area contributed by atoms with Gasteiger partial charge in [0.05, 0.1) is 12.5 Å². The summed E-state index contributed by atoms with van der Waals surface area (Å²) in [6.07, 6.45) is 1.09. The van der Waals surface area contributed by atoms with E-state index in [4.69, 9.17) is 10.5 Å². The van der Waals surface area contributed by atoms with Crippen LogP contribution in [0.15, 0.2) is 24.3 Å². The number of ether oxygens (including phenoxy) is 1. The monoisotopic (exact) mass is 381 g/mol. The maximum Gasteiger partial charge on any atom is 0.222 e. The number of anilines is 1. The van der Waals surface area contributed by atoms with Crippen LogP contribution in [0.1, 0.15) is 12.8 Å². The molecule has 0 aliphatic carbocycles. The van der Waals surface area contributed by atoms with Crippen molar-refractivity contribution in [3.05, 3.63) is 30.1 Å². The van der Waals surface area contributed by atoms with E-state index in [1.807, 2.05) is 0 Å². The number of hydrogen-bond donors (Lipinski definition) is 2. The van der Waals surface area contributed by atoms with Gasteiger partial charge in [-0.25, -0.2) is 4.39 Å². The van der Waals surface area contributed by atoms with Crippen LogP contribution in [0.3, 0.4) is 0 Å². The van der Waals surface area contributed by atoms with Gasteiger partial charge in [-0.1, -0.05) is 0 Å². The van der Waals surface area contributed by atoms with Gasteiger partial charge in [0.2, 0.25) is 5.91 Å². The van der Waals surface area contributed by atoms with Crippen LogP contribution >= 0.6 is 24.8 Å². The molecule has 1 heterocycles. The van der Waals surface area contributed by atoms with Crippen molar-refractivity contribution < 1.29 is 13.9 Å². The summed E-state index contributed by atoms with van der Waals surface area (Å²) in [6, 6.07) is 6.53. The lowest BCUT2D eigenvalue weighted by Crippen LogP contribution is -2.35. The minimum absolute atomic E-state index is 0. The van der Waals surface area contributed by atoms with Crippen molar-refractivity contribution >= 4 is 36.4 Å². The summed E-state index contributed by atoms with van der Waals surface area (Å²) in [7, 11) is 1.56. The Bertz CT molecular complexity index is 487. The second-order valence-corrected chi connectivity index (χ2v) is 5.68. The first-order valence-corrected chi connectivity index (χ1v) is 7.62. The molecule has 138 valence electrons. The molecule has 1 aromatic rings. The lowest BCUT2D eigenvalue weighted by Gasteiger charge is -2.19. The fraction of sp³-hybridized carbons (Fsp3) is 0.562. The molecule has 3 N–H and O–H groups in total. The lowest BCUT2D eigenvalue weighted by molar-refractivity contribution is -0.123. The zero-order valence-electron chi connectivity index (χ0n) is 13.7. The Morgan fingerprint density at radius 2 is 2.08 bits per heavy atom. The van der Waals surface area contributed by atoms with Crippen LogP contribution in [-0.2, 0) is 9.53 Å². The van der Waals surface area contributed by atoms with Crippen molar-refractivity contribution in [3.8, 4) is 0 Å². The molecule has 2 atom stereocenters. The molecule has 0 aromatic heterocycles. The van der Waals surface area contributed by atoms with Gasteiger partial charge in [0.1, 0.15) is 5.82 Å². The van der Waals surface area contributed by atoms with E-state index in [1.165, 1.54) is 12.1 Å². The minimum Gasteiger partial charge on any atom is -0.380 e. The molecule has 0 saturated carbocycles. The summed E-state index contributed by atoms with van der Waals surface area (Å²) < 4.78 is 18.0. The molecule has 1 amide bonds. The number of benzene rings is 1. The average molecular weight is 382 g/mol. The number of nitrogens with zero attached hydrogens (tertiary/aromatic N) is 1. The number of carbonyl (C=O) groups excluding carboxylic acids is 1. The number of rotatable bonds is 7. The average Bonchev–Trinajstić information content (AvgIpc) is 3.00. The number of halogens is 3. The Morgan fingerprint density at radius 1 is 1.42 bits per heavy atom. The van der Waals surface area contributed by atoms with E-state index < -0.39 is 0 Å². The molecule has 1 aliphatic rings. The molecular weight excluding hydrogens is 356 g/mol. The third kappa shape index (κ3) is 6.81. The fourth-order valence-corrected chi connectivity index (χ4v) is 2.69. The first-order valence-electron chi connectivity index (χ1n) is 7.62. The van der Waals surface area contributed by atoms with Gasteiger partial charge in [0, 0.05) is 39.0 Å². The van der Waals surface area contributed by atoms with Gasteiger partial charge in [-0.3, -0.25) is 4.79 Å². The molecule has 0 bridgehead atoms. The maximum absolute atomic E-state index is 12.9. The van der Waals surface area contributed by atoms with Crippen LogP contribution in [0, 0.1) is 11.7 Å². The van der Waals surface area contributed by atoms with Crippen LogP contribution in [0.25, 0.3) is 0 Å². The Kier molecular flexibility index (Phi) is 11.0. The van der Waals surface area contributed by atoms with Crippen molar-refractivity contribution in [2.75, 3.05) is 38.2 Å².